The van der Waals surface area contributed by atoms with Crippen molar-refractivity contribution in [1.29, 1.82) is 0 Å². The van der Waals surface area contributed by atoms with E-state index < -0.39 is 11.4 Å². The third-order valence-corrected chi connectivity index (χ3v) is 6.61. The summed E-state index contributed by atoms with van der Waals surface area (Å²) in [6, 6.07) is 5.76. The fourth-order valence-electron chi connectivity index (χ4n) is 4.94. The highest BCUT2D eigenvalue weighted by atomic mass is 16.7. The molecular formula is C25H32O4. The summed E-state index contributed by atoms with van der Waals surface area (Å²) in [7, 11) is 0. The van der Waals surface area contributed by atoms with Gasteiger partial charge in [0, 0.05) is 16.7 Å². The van der Waals surface area contributed by atoms with Gasteiger partial charge in [0.2, 0.25) is 0 Å². The first kappa shape index (κ1) is 20.4. The molecule has 2 unspecified atom stereocenters. The first-order valence-corrected chi connectivity index (χ1v) is 11.2. The number of Topliss-reactive ketones (excluding diaryl/α,β-unsaturated/α-hetero) is 1. The summed E-state index contributed by atoms with van der Waals surface area (Å²) in [6.45, 7) is 2.23. The van der Waals surface area contributed by atoms with Gasteiger partial charge in [0.25, 0.3) is 5.79 Å². The van der Waals surface area contributed by atoms with Crippen LogP contribution in [0.4, 0.5) is 0 Å². The molecule has 4 heteroatoms. The van der Waals surface area contributed by atoms with Gasteiger partial charge >= 0.3 is 0 Å². The van der Waals surface area contributed by atoms with Gasteiger partial charge in [-0.05, 0) is 43.4 Å². The Morgan fingerprint density at radius 3 is 2.52 bits per heavy atom. The molecule has 4 rings (SSSR count). The molecule has 0 radical (unpaired) electrons. The van der Waals surface area contributed by atoms with Crippen molar-refractivity contribution in [2.24, 2.45) is 0 Å². The molecule has 1 aromatic rings. The van der Waals surface area contributed by atoms with Gasteiger partial charge in [-0.3, -0.25) is 4.79 Å². The Balaban J connectivity index is 1.49. The molecule has 0 aromatic heterocycles. The summed E-state index contributed by atoms with van der Waals surface area (Å²) in [5.74, 6) is -1.54. The summed E-state index contributed by atoms with van der Waals surface area (Å²) in [6.07, 6.45) is 14.7. The van der Waals surface area contributed by atoms with Crippen LogP contribution in [0.1, 0.15) is 82.3 Å². The highest BCUT2D eigenvalue weighted by Crippen LogP contribution is 2.57. The Labute approximate surface area is 173 Å². The SMILES string of the molecule is CCCCCCCCCc1ccc2c(c1)C1(O)CC(=O)C3=CCCC=C3C1(O)O2. The Morgan fingerprint density at radius 2 is 1.72 bits per heavy atom. The number of rotatable bonds is 8. The number of fused-ring (bicyclic) bond motifs is 5. The second-order valence-electron chi connectivity index (χ2n) is 8.72. The minimum atomic E-state index is -1.88. The second kappa shape index (κ2) is 8.08. The molecule has 2 atom stereocenters. The number of allylic oxidation sites excluding steroid dienone is 2. The molecule has 0 spiro atoms. The van der Waals surface area contributed by atoms with Gasteiger partial charge in [-0.25, -0.2) is 0 Å². The Kier molecular flexibility index (Phi) is 5.67. The van der Waals surface area contributed by atoms with Gasteiger partial charge in [0.1, 0.15) is 5.75 Å². The van der Waals surface area contributed by atoms with E-state index in [1.54, 1.807) is 0 Å². The quantitative estimate of drug-likeness (QED) is 0.616. The summed E-state index contributed by atoms with van der Waals surface area (Å²) in [5, 5.41) is 22.9. The average Bonchev–Trinajstić information content (AvgIpc) is 2.95. The Hall–Kier alpha value is -1.91. The molecule has 4 nitrogen and oxygen atoms in total. The monoisotopic (exact) mass is 396 g/mol. The maximum absolute atomic E-state index is 12.7. The lowest BCUT2D eigenvalue weighted by Gasteiger charge is -2.43. The number of ketones is 1. The zero-order valence-electron chi connectivity index (χ0n) is 17.4. The van der Waals surface area contributed by atoms with Gasteiger partial charge in [-0.15, -0.1) is 0 Å². The van der Waals surface area contributed by atoms with Gasteiger partial charge < -0.3 is 14.9 Å². The van der Waals surface area contributed by atoms with Gasteiger partial charge in [-0.2, -0.15) is 0 Å². The lowest BCUT2D eigenvalue weighted by Crippen LogP contribution is -2.58. The van der Waals surface area contributed by atoms with E-state index in [1.165, 1.54) is 38.5 Å². The molecule has 1 fully saturated rings. The van der Waals surface area contributed by atoms with Crippen molar-refractivity contribution in [1.82, 2.24) is 0 Å². The van der Waals surface area contributed by atoms with Crippen molar-refractivity contribution < 1.29 is 19.7 Å². The van der Waals surface area contributed by atoms with Crippen LogP contribution in [0.2, 0.25) is 0 Å². The van der Waals surface area contributed by atoms with Crippen molar-refractivity contribution in [3.05, 3.63) is 52.6 Å². The van der Waals surface area contributed by atoms with Crippen LogP contribution in [0.3, 0.4) is 0 Å². The van der Waals surface area contributed by atoms with Crippen molar-refractivity contribution in [3.63, 3.8) is 0 Å². The number of hydrogen-bond acceptors (Lipinski definition) is 4. The normalized spacial score (nSPS) is 27.5. The summed E-state index contributed by atoms with van der Waals surface area (Å²) < 4.78 is 5.90. The molecule has 156 valence electrons. The predicted octanol–water partition coefficient (Wildman–Crippen LogP) is 4.87. The summed E-state index contributed by atoms with van der Waals surface area (Å²) in [4.78, 5) is 12.7. The molecule has 1 aliphatic heterocycles. The molecule has 1 heterocycles. The van der Waals surface area contributed by atoms with Crippen molar-refractivity contribution in [2.45, 2.75) is 88.9 Å². The largest absolute Gasteiger partial charge is 0.454 e. The van der Waals surface area contributed by atoms with Gasteiger partial charge in [0.15, 0.2) is 11.4 Å². The van der Waals surface area contributed by atoms with Crippen LogP contribution in [0.5, 0.6) is 5.75 Å². The van der Waals surface area contributed by atoms with Crippen LogP contribution in [-0.4, -0.2) is 21.8 Å². The maximum Gasteiger partial charge on any atom is 0.269 e. The highest BCUT2D eigenvalue weighted by Gasteiger charge is 2.65. The van der Waals surface area contributed by atoms with Crippen LogP contribution in [0.15, 0.2) is 41.5 Å². The van der Waals surface area contributed by atoms with E-state index in [2.05, 4.69) is 6.92 Å². The number of benzene rings is 1. The first-order chi connectivity index (χ1) is 14.0. The molecule has 0 bridgehead atoms. The van der Waals surface area contributed by atoms with Crippen LogP contribution in [0.25, 0.3) is 0 Å². The fourth-order valence-corrected chi connectivity index (χ4v) is 4.94. The summed E-state index contributed by atoms with van der Waals surface area (Å²) >= 11 is 0. The van der Waals surface area contributed by atoms with Crippen molar-refractivity contribution in [3.8, 4) is 5.75 Å². The number of aliphatic hydroxyl groups is 2. The molecule has 29 heavy (non-hydrogen) atoms. The van der Waals surface area contributed by atoms with Crippen LogP contribution in [-0.2, 0) is 16.8 Å². The topological polar surface area (TPSA) is 66.8 Å². The minimum Gasteiger partial charge on any atom is -0.454 e. The molecule has 1 saturated carbocycles. The van der Waals surface area contributed by atoms with E-state index >= 15 is 0 Å². The fraction of sp³-hybridized carbons (Fsp3) is 0.560. The zero-order chi connectivity index (χ0) is 20.5. The molecular weight excluding hydrogens is 364 g/mol. The van der Waals surface area contributed by atoms with Crippen molar-refractivity contribution >= 4 is 5.78 Å². The summed E-state index contributed by atoms with van der Waals surface area (Å²) in [5.41, 5.74) is 0.854. The van der Waals surface area contributed by atoms with E-state index in [-0.39, 0.29) is 12.2 Å². The Bertz CT molecular complexity index is 852. The van der Waals surface area contributed by atoms with Crippen LogP contribution in [0, 0.1) is 0 Å². The highest BCUT2D eigenvalue weighted by molar-refractivity contribution is 6.03. The van der Waals surface area contributed by atoms with E-state index in [4.69, 9.17) is 4.74 Å². The van der Waals surface area contributed by atoms with Gasteiger partial charge in [-0.1, -0.05) is 63.7 Å². The molecule has 3 aliphatic rings. The molecule has 0 amide bonds. The third-order valence-electron chi connectivity index (χ3n) is 6.61. The van der Waals surface area contributed by atoms with E-state index in [0.29, 0.717) is 22.5 Å². The number of carbonyl (C=O) groups excluding carboxylic acids is 1. The maximum atomic E-state index is 12.7. The third kappa shape index (κ3) is 3.47. The Morgan fingerprint density at radius 1 is 1.00 bits per heavy atom. The zero-order valence-corrected chi connectivity index (χ0v) is 17.4. The van der Waals surface area contributed by atoms with E-state index in [1.807, 2.05) is 30.4 Å². The molecule has 1 aromatic carbocycles. The minimum absolute atomic E-state index is 0.128. The number of carbonyl (C=O) groups is 1. The predicted molar refractivity (Wildman–Crippen MR) is 113 cm³/mol. The molecule has 2 aliphatic carbocycles. The lowest BCUT2D eigenvalue weighted by molar-refractivity contribution is -0.224. The van der Waals surface area contributed by atoms with E-state index in [0.717, 1.165) is 31.2 Å². The van der Waals surface area contributed by atoms with Gasteiger partial charge in [0.05, 0.1) is 6.42 Å². The smallest absolute Gasteiger partial charge is 0.269 e. The second-order valence-corrected chi connectivity index (χ2v) is 8.72. The van der Waals surface area contributed by atoms with Crippen LogP contribution >= 0.6 is 0 Å². The average molecular weight is 397 g/mol. The van der Waals surface area contributed by atoms with Crippen LogP contribution < -0.4 is 4.74 Å². The molecule has 2 N–H and O–H groups in total. The standard InChI is InChI=1S/C25H32O4/c1-2-3-4-5-6-7-8-11-18-14-15-23-21(16-18)24(27)17-22(26)19-12-9-10-13-20(19)25(24,28)29-23/h12-16,27-28H,2-11,17H2,1H3. The number of unbranched alkanes of at least 4 members (excludes halogenated alkanes) is 6. The number of aryl methyl sites for hydroxylation is 1. The number of ether oxygens (including phenoxy) is 1. The van der Waals surface area contributed by atoms with E-state index in [9.17, 15) is 15.0 Å². The lowest BCUT2D eigenvalue weighted by atomic mass is 9.69. The molecule has 0 saturated heterocycles. The van der Waals surface area contributed by atoms with Crippen molar-refractivity contribution in [2.75, 3.05) is 0 Å². The number of hydrogen-bond donors (Lipinski definition) is 2. The first-order valence-electron chi connectivity index (χ1n) is 11.2.